The molecule has 0 spiro atoms. The van der Waals surface area contributed by atoms with Crippen LogP contribution in [-0.2, 0) is 7.05 Å². The van der Waals surface area contributed by atoms with E-state index in [1.54, 1.807) is 4.68 Å². The van der Waals surface area contributed by atoms with Gasteiger partial charge in [0.2, 0.25) is 0 Å². The van der Waals surface area contributed by atoms with Gasteiger partial charge in [0.05, 0.1) is 34.8 Å². The van der Waals surface area contributed by atoms with E-state index < -0.39 is 0 Å². The molecule has 0 saturated carbocycles. The van der Waals surface area contributed by atoms with Gasteiger partial charge in [-0.3, -0.25) is 14.8 Å². The number of rotatable bonds is 3. The Hall–Kier alpha value is -3.72. The number of piperazine rings is 1. The summed E-state index contributed by atoms with van der Waals surface area (Å²) >= 11 is 0. The predicted molar refractivity (Wildman–Crippen MR) is 121 cm³/mol. The van der Waals surface area contributed by atoms with E-state index in [9.17, 15) is 0 Å². The van der Waals surface area contributed by atoms with Crippen molar-refractivity contribution in [2.75, 3.05) is 38.1 Å². The quantitative estimate of drug-likeness (QED) is 0.472. The van der Waals surface area contributed by atoms with Gasteiger partial charge < -0.3 is 14.8 Å². The van der Waals surface area contributed by atoms with Crippen molar-refractivity contribution in [2.24, 2.45) is 7.05 Å². The Bertz CT molecular complexity index is 1380. The molecule has 0 aliphatic carbocycles. The van der Waals surface area contributed by atoms with Crippen molar-refractivity contribution in [1.29, 1.82) is 0 Å². The van der Waals surface area contributed by atoms with Gasteiger partial charge in [0.15, 0.2) is 5.82 Å². The van der Waals surface area contributed by atoms with E-state index in [1.807, 2.05) is 31.7 Å². The fourth-order valence-corrected chi connectivity index (χ4v) is 4.24. The fraction of sp³-hybridized carbons (Fsp3) is 0.273. The number of anilines is 1. The van der Waals surface area contributed by atoms with Crippen LogP contribution in [0.1, 0.15) is 0 Å². The first kappa shape index (κ1) is 18.1. The van der Waals surface area contributed by atoms with Gasteiger partial charge in [-0.1, -0.05) is 6.07 Å². The maximum atomic E-state index is 4.98. The molecule has 9 nitrogen and oxygen atoms in total. The average Bonchev–Trinajstić information content (AvgIpc) is 3.51. The molecular weight excluding hydrogens is 390 g/mol. The lowest BCUT2D eigenvalue weighted by atomic mass is 10.1. The van der Waals surface area contributed by atoms with E-state index in [2.05, 4.69) is 60.3 Å². The molecule has 0 unspecified atom stereocenters. The fourth-order valence-electron chi connectivity index (χ4n) is 4.24. The van der Waals surface area contributed by atoms with E-state index in [0.717, 1.165) is 70.9 Å². The number of hydrogen-bond donors (Lipinski definition) is 2. The second-order valence-corrected chi connectivity index (χ2v) is 8.14. The monoisotopic (exact) mass is 413 g/mol. The van der Waals surface area contributed by atoms with Crippen molar-refractivity contribution >= 4 is 27.6 Å². The molecule has 5 aromatic rings. The largest absolute Gasteiger partial charge is 0.367 e. The maximum Gasteiger partial charge on any atom is 0.159 e. The molecule has 5 heterocycles. The van der Waals surface area contributed by atoms with E-state index in [4.69, 9.17) is 4.98 Å². The molecule has 1 aromatic carbocycles. The zero-order valence-electron chi connectivity index (χ0n) is 17.5. The number of H-pyrrole nitrogens is 2. The number of fused-ring (bicyclic) bond motifs is 2. The summed E-state index contributed by atoms with van der Waals surface area (Å²) in [5.74, 6) is 0.756. The van der Waals surface area contributed by atoms with Crippen LogP contribution in [-0.4, -0.2) is 73.1 Å². The predicted octanol–water partition coefficient (Wildman–Crippen LogP) is 2.65. The lowest BCUT2D eigenvalue weighted by Crippen LogP contribution is -2.44. The summed E-state index contributed by atoms with van der Waals surface area (Å²) < 4.78 is 1.77. The molecule has 0 amide bonds. The Kier molecular flexibility index (Phi) is 4.03. The number of hydrogen-bond acceptors (Lipinski definition) is 6. The number of aromatic amines is 2. The molecule has 9 heteroatoms. The number of imidazole rings is 1. The number of benzene rings is 1. The molecule has 31 heavy (non-hydrogen) atoms. The Morgan fingerprint density at radius 1 is 1.00 bits per heavy atom. The van der Waals surface area contributed by atoms with Crippen LogP contribution in [0.15, 0.2) is 42.9 Å². The SMILES string of the molecule is CN1CCN(c2cccc3[nH]c(-c4n[nH]c5cnc(-c6cnn(C)c6)cc45)nc23)CC1. The van der Waals surface area contributed by atoms with Crippen molar-refractivity contribution in [3.05, 3.63) is 42.9 Å². The van der Waals surface area contributed by atoms with Gasteiger partial charge in [0, 0.05) is 50.4 Å². The Labute approximate surface area is 178 Å². The molecular formula is C22H23N9. The van der Waals surface area contributed by atoms with Crippen LogP contribution < -0.4 is 4.90 Å². The summed E-state index contributed by atoms with van der Waals surface area (Å²) in [6, 6.07) is 8.36. The third-order valence-electron chi connectivity index (χ3n) is 6.01. The van der Waals surface area contributed by atoms with Gasteiger partial charge in [0.25, 0.3) is 0 Å². The Morgan fingerprint density at radius 2 is 1.87 bits per heavy atom. The summed E-state index contributed by atoms with van der Waals surface area (Å²) in [6.07, 6.45) is 5.58. The van der Waals surface area contributed by atoms with Crippen LogP contribution in [0.5, 0.6) is 0 Å². The van der Waals surface area contributed by atoms with Crippen molar-refractivity contribution in [3.8, 4) is 22.8 Å². The smallest absolute Gasteiger partial charge is 0.159 e. The molecule has 1 aliphatic heterocycles. The minimum absolute atomic E-state index is 0.756. The summed E-state index contributed by atoms with van der Waals surface area (Å²) in [6.45, 7) is 4.12. The number of likely N-dealkylation sites (N-methyl/N-ethyl adjacent to an activating group) is 1. The first-order chi connectivity index (χ1) is 15.2. The van der Waals surface area contributed by atoms with Crippen molar-refractivity contribution in [3.63, 3.8) is 0 Å². The van der Waals surface area contributed by atoms with Crippen LogP contribution in [0, 0.1) is 0 Å². The normalized spacial score (nSPS) is 15.4. The van der Waals surface area contributed by atoms with E-state index in [-0.39, 0.29) is 0 Å². The highest BCUT2D eigenvalue weighted by atomic mass is 15.3. The highest BCUT2D eigenvalue weighted by Crippen LogP contribution is 2.32. The van der Waals surface area contributed by atoms with Gasteiger partial charge in [-0.15, -0.1) is 0 Å². The van der Waals surface area contributed by atoms with Gasteiger partial charge in [-0.2, -0.15) is 10.2 Å². The molecule has 156 valence electrons. The number of para-hydroxylation sites is 1. The molecule has 1 fully saturated rings. The number of pyridine rings is 1. The average molecular weight is 413 g/mol. The highest BCUT2D eigenvalue weighted by Gasteiger charge is 2.20. The van der Waals surface area contributed by atoms with Crippen molar-refractivity contribution in [2.45, 2.75) is 0 Å². The van der Waals surface area contributed by atoms with Gasteiger partial charge in [-0.05, 0) is 25.2 Å². The summed E-state index contributed by atoms with van der Waals surface area (Å²) in [4.78, 5) is 17.8. The van der Waals surface area contributed by atoms with Gasteiger partial charge in [-0.25, -0.2) is 4.98 Å². The minimum Gasteiger partial charge on any atom is -0.367 e. The third-order valence-corrected chi connectivity index (χ3v) is 6.01. The summed E-state index contributed by atoms with van der Waals surface area (Å²) in [5.41, 5.74) is 6.68. The van der Waals surface area contributed by atoms with Gasteiger partial charge >= 0.3 is 0 Å². The van der Waals surface area contributed by atoms with Crippen LogP contribution >= 0.6 is 0 Å². The number of nitrogens with zero attached hydrogens (tertiary/aromatic N) is 7. The third kappa shape index (κ3) is 3.05. The zero-order chi connectivity index (χ0) is 20.9. The molecule has 0 bridgehead atoms. The lowest BCUT2D eigenvalue weighted by Gasteiger charge is -2.34. The molecule has 4 aromatic heterocycles. The van der Waals surface area contributed by atoms with Crippen LogP contribution in [0.4, 0.5) is 5.69 Å². The molecule has 6 rings (SSSR count). The minimum atomic E-state index is 0.756. The van der Waals surface area contributed by atoms with E-state index >= 15 is 0 Å². The first-order valence-corrected chi connectivity index (χ1v) is 10.4. The maximum absolute atomic E-state index is 4.98. The highest BCUT2D eigenvalue weighted by molar-refractivity contribution is 5.96. The molecule has 0 atom stereocenters. The van der Waals surface area contributed by atoms with Crippen LogP contribution in [0.3, 0.4) is 0 Å². The Balaban J connectivity index is 1.44. The van der Waals surface area contributed by atoms with Crippen LogP contribution in [0.2, 0.25) is 0 Å². The summed E-state index contributed by atoms with van der Waals surface area (Å²) in [7, 11) is 4.07. The number of aromatic nitrogens is 7. The van der Waals surface area contributed by atoms with E-state index in [1.165, 1.54) is 5.69 Å². The molecule has 0 radical (unpaired) electrons. The topological polar surface area (TPSA) is 94.5 Å². The zero-order valence-corrected chi connectivity index (χ0v) is 17.5. The second kappa shape index (κ2) is 6.92. The lowest BCUT2D eigenvalue weighted by molar-refractivity contribution is 0.313. The standard InChI is InChI=1S/C22H23N9/c1-29-6-8-31(9-7-29)19-5-3-4-16-21(19)26-22(25-16)20-15-10-17(14-11-24-30(2)13-14)23-12-18(15)27-28-20/h3-5,10-13H,6-9H2,1-2H3,(H,25,26)(H,27,28). The number of aryl methyl sites for hydroxylation is 1. The Morgan fingerprint density at radius 3 is 2.68 bits per heavy atom. The van der Waals surface area contributed by atoms with E-state index in [0.29, 0.717) is 0 Å². The molecule has 2 N–H and O–H groups in total. The van der Waals surface area contributed by atoms with Gasteiger partial charge in [0.1, 0.15) is 11.2 Å². The number of nitrogens with one attached hydrogen (secondary N) is 2. The van der Waals surface area contributed by atoms with Crippen LogP contribution in [0.25, 0.3) is 44.7 Å². The van der Waals surface area contributed by atoms with Crippen molar-refractivity contribution in [1.82, 2.24) is 39.8 Å². The van der Waals surface area contributed by atoms with Crippen molar-refractivity contribution < 1.29 is 0 Å². The first-order valence-electron chi connectivity index (χ1n) is 10.4. The second-order valence-electron chi connectivity index (χ2n) is 8.14. The summed E-state index contributed by atoms with van der Waals surface area (Å²) in [5, 5.41) is 12.9. The molecule has 1 saturated heterocycles. The molecule has 1 aliphatic rings.